The van der Waals surface area contributed by atoms with Crippen LogP contribution in [0.1, 0.15) is 24.5 Å². The minimum Gasteiger partial charge on any atom is -0.395 e. The highest BCUT2D eigenvalue weighted by Crippen LogP contribution is 2.11. The highest BCUT2D eigenvalue weighted by atomic mass is 16.3. The van der Waals surface area contributed by atoms with Gasteiger partial charge in [-0.1, -0.05) is 19.1 Å². The zero-order valence-corrected chi connectivity index (χ0v) is 13.5. The van der Waals surface area contributed by atoms with E-state index in [1.165, 1.54) is 0 Å². The van der Waals surface area contributed by atoms with Gasteiger partial charge < -0.3 is 10.0 Å². The molecular weight excluding hydrogens is 290 g/mol. The van der Waals surface area contributed by atoms with Gasteiger partial charge >= 0.3 is 0 Å². The number of benzene rings is 1. The number of rotatable bonds is 5. The molecule has 0 aromatic heterocycles. The molecule has 1 amide bonds. The molecule has 2 rings (SSSR count). The number of piperazine rings is 1. The molecule has 0 bridgehead atoms. The second kappa shape index (κ2) is 8.47. The summed E-state index contributed by atoms with van der Waals surface area (Å²) in [5, 5.41) is 18.2. The van der Waals surface area contributed by atoms with Crippen LogP contribution in [0, 0.1) is 11.3 Å². The third-order valence-electron chi connectivity index (χ3n) is 4.26. The van der Waals surface area contributed by atoms with Crippen LogP contribution in [0.15, 0.2) is 30.3 Å². The van der Waals surface area contributed by atoms with Crippen molar-refractivity contribution < 1.29 is 9.90 Å². The first-order valence-electron chi connectivity index (χ1n) is 8.00. The van der Waals surface area contributed by atoms with Gasteiger partial charge in [0.1, 0.15) is 0 Å². The van der Waals surface area contributed by atoms with Gasteiger partial charge in [-0.15, -0.1) is 0 Å². The van der Waals surface area contributed by atoms with E-state index < -0.39 is 0 Å². The van der Waals surface area contributed by atoms with Crippen LogP contribution in [0.3, 0.4) is 0 Å². The van der Waals surface area contributed by atoms with Crippen molar-refractivity contribution in [1.29, 1.82) is 5.26 Å². The maximum Gasteiger partial charge on any atom is 0.246 e. The van der Waals surface area contributed by atoms with E-state index in [1.54, 1.807) is 30.4 Å². The van der Waals surface area contributed by atoms with E-state index in [0.717, 1.165) is 25.1 Å². The summed E-state index contributed by atoms with van der Waals surface area (Å²) in [7, 11) is 0. The lowest BCUT2D eigenvalue weighted by atomic mass is 10.1. The summed E-state index contributed by atoms with van der Waals surface area (Å²) in [6.07, 6.45) is 4.23. The third-order valence-corrected chi connectivity index (χ3v) is 4.26. The number of amides is 1. The van der Waals surface area contributed by atoms with Crippen LogP contribution in [0.4, 0.5) is 0 Å². The summed E-state index contributed by atoms with van der Waals surface area (Å²) < 4.78 is 0. The Balaban J connectivity index is 1.90. The van der Waals surface area contributed by atoms with Crippen molar-refractivity contribution >= 4 is 12.0 Å². The topological polar surface area (TPSA) is 67.6 Å². The molecule has 1 atom stereocenters. The van der Waals surface area contributed by atoms with Gasteiger partial charge in [0, 0.05) is 38.3 Å². The first-order valence-corrected chi connectivity index (χ1v) is 8.00. The van der Waals surface area contributed by atoms with E-state index in [4.69, 9.17) is 5.26 Å². The van der Waals surface area contributed by atoms with Gasteiger partial charge in [-0.2, -0.15) is 5.26 Å². The van der Waals surface area contributed by atoms with E-state index in [1.807, 2.05) is 11.0 Å². The fourth-order valence-electron chi connectivity index (χ4n) is 2.80. The second-order valence-electron chi connectivity index (χ2n) is 5.68. The second-order valence-corrected chi connectivity index (χ2v) is 5.68. The molecule has 1 heterocycles. The molecule has 0 radical (unpaired) electrons. The third kappa shape index (κ3) is 4.65. The van der Waals surface area contributed by atoms with Crippen LogP contribution in [-0.4, -0.2) is 59.6 Å². The van der Waals surface area contributed by atoms with Gasteiger partial charge in [0.2, 0.25) is 5.91 Å². The Labute approximate surface area is 137 Å². The zero-order chi connectivity index (χ0) is 16.7. The molecule has 23 heavy (non-hydrogen) atoms. The number of aliphatic hydroxyl groups excluding tert-OH is 1. The molecule has 122 valence electrons. The van der Waals surface area contributed by atoms with Crippen molar-refractivity contribution in [3.8, 4) is 6.07 Å². The predicted octanol–water partition coefficient (Wildman–Crippen LogP) is 1.49. The minimum atomic E-state index is -0.0101. The first-order chi connectivity index (χ1) is 11.2. The number of nitriles is 1. The van der Waals surface area contributed by atoms with Gasteiger partial charge in [-0.05, 0) is 30.2 Å². The Morgan fingerprint density at radius 2 is 2.13 bits per heavy atom. The molecule has 1 unspecified atom stereocenters. The Morgan fingerprint density at radius 3 is 2.74 bits per heavy atom. The molecule has 1 aromatic rings. The fourth-order valence-corrected chi connectivity index (χ4v) is 2.80. The van der Waals surface area contributed by atoms with E-state index in [2.05, 4.69) is 17.9 Å². The van der Waals surface area contributed by atoms with Crippen molar-refractivity contribution in [1.82, 2.24) is 9.80 Å². The number of nitrogens with zero attached hydrogens (tertiary/aromatic N) is 3. The van der Waals surface area contributed by atoms with Crippen molar-refractivity contribution in [3.05, 3.63) is 41.5 Å². The minimum absolute atomic E-state index is 0.0101. The molecule has 1 aromatic carbocycles. The summed E-state index contributed by atoms with van der Waals surface area (Å²) in [5.41, 5.74) is 1.44. The highest BCUT2D eigenvalue weighted by molar-refractivity contribution is 5.91. The van der Waals surface area contributed by atoms with E-state index in [9.17, 15) is 9.90 Å². The van der Waals surface area contributed by atoms with Crippen molar-refractivity contribution in [3.63, 3.8) is 0 Å². The summed E-state index contributed by atoms with van der Waals surface area (Å²) in [6.45, 7) is 5.18. The van der Waals surface area contributed by atoms with E-state index in [-0.39, 0.29) is 18.6 Å². The fraction of sp³-hybridized carbons (Fsp3) is 0.444. The summed E-state index contributed by atoms with van der Waals surface area (Å²) in [5.74, 6) is -0.0101. The molecule has 1 N–H and O–H groups in total. The lowest BCUT2D eigenvalue weighted by molar-refractivity contribution is -0.128. The van der Waals surface area contributed by atoms with E-state index in [0.29, 0.717) is 18.7 Å². The largest absolute Gasteiger partial charge is 0.395 e. The van der Waals surface area contributed by atoms with Gasteiger partial charge in [0.25, 0.3) is 0 Å². The predicted molar refractivity (Wildman–Crippen MR) is 89.5 cm³/mol. The van der Waals surface area contributed by atoms with Crippen molar-refractivity contribution in [2.45, 2.75) is 19.4 Å². The standard InChI is InChI=1S/C18H23N3O2/c1-2-17(14-22)20-8-10-21(11-9-20)18(23)7-6-15-4-3-5-16(12-15)13-19/h3-7,12,17,22H,2,8-11,14H2,1H3/b7-6+. The Bertz CT molecular complexity index is 595. The maximum atomic E-state index is 12.2. The molecule has 5 heteroatoms. The number of carbonyl (C=O) groups is 1. The molecule has 0 aliphatic carbocycles. The van der Waals surface area contributed by atoms with Gasteiger partial charge in [0.15, 0.2) is 0 Å². The van der Waals surface area contributed by atoms with E-state index >= 15 is 0 Å². The number of hydrogen-bond acceptors (Lipinski definition) is 4. The Morgan fingerprint density at radius 1 is 1.39 bits per heavy atom. The quantitative estimate of drug-likeness (QED) is 0.836. The lowest BCUT2D eigenvalue weighted by Crippen LogP contribution is -2.52. The lowest BCUT2D eigenvalue weighted by Gasteiger charge is -2.38. The average Bonchev–Trinajstić information content (AvgIpc) is 2.61. The van der Waals surface area contributed by atoms with Crippen molar-refractivity contribution in [2.24, 2.45) is 0 Å². The van der Waals surface area contributed by atoms with Gasteiger partial charge in [-0.25, -0.2) is 0 Å². The Hall–Kier alpha value is -2.16. The molecule has 5 nitrogen and oxygen atoms in total. The first kappa shape index (κ1) is 17.2. The molecule has 1 fully saturated rings. The van der Waals surface area contributed by atoms with Crippen LogP contribution in [-0.2, 0) is 4.79 Å². The monoisotopic (exact) mass is 313 g/mol. The van der Waals surface area contributed by atoms with Crippen LogP contribution in [0.2, 0.25) is 0 Å². The number of hydrogen-bond donors (Lipinski definition) is 1. The van der Waals surface area contributed by atoms with Crippen LogP contribution in [0.5, 0.6) is 0 Å². The van der Waals surface area contributed by atoms with Crippen LogP contribution in [0.25, 0.3) is 6.08 Å². The van der Waals surface area contributed by atoms with Crippen LogP contribution >= 0.6 is 0 Å². The zero-order valence-electron chi connectivity index (χ0n) is 13.5. The number of carbonyl (C=O) groups excluding carboxylic acids is 1. The highest BCUT2D eigenvalue weighted by Gasteiger charge is 2.23. The summed E-state index contributed by atoms with van der Waals surface area (Å²) in [6, 6.07) is 9.46. The van der Waals surface area contributed by atoms with Gasteiger partial charge in [-0.3, -0.25) is 9.69 Å². The smallest absolute Gasteiger partial charge is 0.246 e. The summed E-state index contributed by atoms with van der Waals surface area (Å²) >= 11 is 0. The molecule has 1 aliphatic rings. The Kier molecular flexibility index (Phi) is 6.33. The van der Waals surface area contributed by atoms with Crippen molar-refractivity contribution in [2.75, 3.05) is 32.8 Å². The maximum absolute atomic E-state index is 12.2. The molecule has 0 spiro atoms. The average molecular weight is 313 g/mol. The molecular formula is C18H23N3O2. The SMILES string of the molecule is CCC(CO)N1CCN(C(=O)/C=C/c2cccc(C#N)c2)CC1. The summed E-state index contributed by atoms with van der Waals surface area (Å²) in [4.78, 5) is 16.3. The molecule has 0 saturated carbocycles. The number of aliphatic hydroxyl groups is 1. The van der Waals surface area contributed by atoms with Gasteiger partial charge in [0.05, 0.1) is 18.2 Å². The molecule has 1 aliphatic heterocycles. The van der Waals surface area contributed by atoms with Crippen LogP contribution < -0.4 is 0 Å². The molecule has 1 saturated heterocycles. The normalized spacial score (nSPS) is 17.2.